The van der Waals surface area contributed by atoms with Crippen LogP contribution >= 0.6 is 0 Å². The van der Waals surface area contributed by atoms with E-state index < -0.39 is 0 Å². The Labute approximate surface area is 75.6 Å². The van der Waals surface area contributed by atoms with E-state index in [0.29, 0.717) is 18.7 Å². The number of nitrogens with zero attached hydrogens (tertiary/aromatic N) is 3. The predicted molar refractivity (Wildman–Crippen MR) is 48.2 cm³/mol. The molecule has 1 amide bonds. The van der Waals surface area contributed by atoms with E-state index in [9.17, 15) is 4.79 Å². The zero-order valence-electron chi connectivity index (χ0n) is 7.32. The Kier molecular flexibility index (Phi) is 1.65. The van der Waals surface area contributed by atoms with Gasteiger partial charge in [0.05, 0.1) is 0 Å². The predicted octanol–water partition coefficient (Wildman–Crippen LogP) is -0.0322. The molecule has 5 nitrogen and oxygen atoms in total. The second-order valence-electron chi connectivity index (χ2n) is 3.03. The lowest BCUT2D eigenvalue weighted by Gasteiger charge is -2.23. The molecule has 0 unspecified atom stereocenters. The number of fused-ring (bicyclic) bond motifs is 1. The lowest BCUT2D eigenvalue weighted by Crippen LogP contribution is -2.32. The van der Waals surface area contributed by atoms with Crippen molar-refractivity contribution in [1.82, 2.24) is 9.97 Å². The first-order valence-corrected chi connectivity index (χ1v) is 4.06. The van der Waals surface area contributed by atoms with Crippen LogP contribution in [0.5, 0.6) is 0 Å². The minimum absolute atomic E-state index is 0.0746. The Morgan fingerprint density at radius 3 is 3.08 bits per heavy atom. The van der Waals surface area contributed by atoms with E-state index in [2.05, 4.69) is 9.97 Å². The Balaban J connectivity index is 2.51. The molecule has 0 saturated carbocycles. The van der Waals surface area contributed by atoms with Crippen molar-refractivity contribution in [2.45, 2.75) is 12.8 Å². The normalized spacial score (nSPS) is 15.8. The molecule has 13 heavy (non-hydrogen) atoms. The highest BCUT2D eigenvalue weighted by molar-refractivity contribution is 5.94. The number of anilines is 2. The molecule has 1 aromatic rings. The third-order valence-electron chi connectivity index (χ3n) is 2.16. The minimum atomic E-state index is 0.0746. The second kappa shape index (κ2) is 2.69. The quantitative estimate of drug-likeness (QED) is 0.605. The Morgan fingerprint density at radius 1 is 1.54 bits per heavy atom. The monoisotopic (exact) mass is 178 g/mol. The summed E-state index contributed by atoms with van der Waals surface area (Å²) in [5, 5.41) is 0. The zero-order valence-corrected chi connectivity index (χ0v) is 7.32. The van der Waals surface area contributed by atoms with E-state index in [1.54, 1.807) is 13.2 Å². The summed E-state index contributed by atoms with van der Waals surface area (Å²) in [6, 6.07) is 0. The summed E-state index contributed by atoms with van der Waals surface area (Å²) < 4.78 is 0. The van der Waals surface area contributed by atoms with Gasteiger partial charge in [-0.25, -0.2) is 4.98 Å². The Bertz CT molecular complexity index is 363. The van der Waals surface area contributed by atoms with E-state index in [1.165, 1.54) is 4.90 Å². The Hall–Kier alpha value is -1.65. The molecule has 5 heteroatoms. The molecule has 1 aliphatic heterocycles. The van der Waals surface area contributed by atoms with Crippen molar-refractivity contribution < 1.29 is 4.79 Å². The molecule has 2 heterocycles. The summed E-state index contributed by atoms with van der Waals surface area (Å²) in [7, 11) is 1.70. The van der Waals surface area contributed by atoms with Crippen molar-refractivity contribution in [3.63, 3.8) is 0 Å². The minimum Gasteiger partial charge on any atom is -0.368 e. The second-order valence-corrected chi connectivity index (χ2v) is 3.03. The number of nitrogens with two attached hydrogens (primary N) is 1. The van der Waals surface area contributed by atoms with Crippen LogP contribution in [0, 0.1) is 0 Å². The number of amides is 1. The average molecular weight is 178 g/mol. The van der Waals surface area contributed by atoms with Crippen molar-refractivity contribution in [2.24, 2.45) is 0 Å². The van der Waals surface area contributed by atoms with E-state index in [1.807, 2.05) is 0 Å². The fourth-order valence-corrected chi connectivity index (χ4v) is 1.41. The molecule has 0 aromatic carbocycles. The van der Waals surface area contributed by atoms with Gasteiger partial charge in [0.2, 0.25) is 11.9 Å². The van der Waals surface area contributed by atoms with Gasteiger partial charge in [0.1, 0.15) is 5.82 Å². The number of aromatic nitrogens is 2. The molecule has 1 aromatic heterocycles. The van der Waals surface area contributed by atoms with Crippen molar-refractivity contribution in [1.29, 1.82) is 0 Å². The number of hydrogen-bond acceptors (Lipinski definition) is 4. The van der Waals surface area contributed by atoms with Gasteiger partial charge in [-0.05, 0) is 6.42 Å². The fourth-order valence-electron chi connectivity index (χ4n) is 1.41. The molecule has 0 aliphatic carbocycles. The van der Waals surface area contributed by atoms with E-state index >= 15 is 0 Å². The highest BCUT2D eigenvalue weighted by Gasteiger charge is 2.22. The van der Waals surface area contributed by atoms with Gasteiger partial charge in [0.25, 0.3) is 0 Å². The molecular weight excluding hydrogens is 168 g/mol. The number of hydrogen-bond donors (Lipinski definition) is 1. The van der Waals surface area contributed by atoms with Crippen molar-refractivity contribution in [3.8, 4) is 0 Å². The lowest BCUT2D eigenvalue weighted by atomic mass is 10.1. The molecular formula is C8H10N4O. The first-order valence-electron chi connectivity index (χ1n) is 4.06. The number of rotatable bonds is 0. The molecule has 1 aliphatic rings. The molecule has 0 fully saturated rings. The molecule has 68 valence electrons. The Morgan fingerprint density at radius 2 is 2.31 bits per heavy atom. The van der Waals surface area contributed by atoms with Crippen LogP contribution in [0.2, 0.25) is 0 Å². The molecule has 0 bridgehead atoms. The summed E-state index contributed by atoms with van der Waals surface area (Å²) in [4.78, 5) is 20.7. The van der Waals surface area contributed by atoms with Crippen LogP contribution in [-0.4, -0.2) is 22.9 Å². The first kappa shape index (κ1) is 7.97. The number of nitrogen functional groups attached to an aromatic ring is 1. The van der Waals surface area contributed by atoms with Crippen molar-refractivity contribution >= 4 is 17.7 Å². The van der Waals surface area contributed by atoms with Gasteiger partial charge in [-0.2, -0.15) is 4.98 Å². The van der Waals surface area contributed by atoms with Gasteiger partial charge >= 0.3 is 0 Å². The standard InChI is InChI=1S/C8H10N4O/c1-12-6(13)3-2-5-4-10-8(9)11-7(5)12/h4H,2-3H2,1H3,(H2,9,10,11). The fraction of sp³-hybridized carbons (Fsp3) is 0.375. The van der Waals surface area contributed by atoms with E-state index in [4.69, 9.17) is 5.73 Å². The molecule has 2 rings (SSSR count). The van der Waals surface area contributed by atoms with Gasteiger partial charge in [-0.3, -0.25) is 9.69 Å². The summed E-state index contributed by atoms with van der Waals surface area (Å²) >= 11 is 0. The van der Waals surface area contributed by atoms with Crippen LogP contribution in [0.4, 0.5) is 11.8 Å². The third-order valence-corrected chi connectivity index (χ3v) is 2.16. The number of carbonyl (C=O) groups is 1. The summed E-state index contributed by atoms with van der Waals surface area (Å²) in [6.07, 6.45) is 2.91. The first-order chi connectivity index (χ1) is 6.18. The largest absolute Gasteiger partial charge is 0.368 e. The maximum atomic E-state index is 11.3. The maximum Gasteiger partial charge on any atom is 0.228 e. The summed E-state index contributed by atoms with van der Waals surface area (Å²) in [5.41, 5.74) is 6.41. The topological polar surface area (TPSA) is 72.1 Å². The van der Waals surface area contributed by atoms with Gasteiger partial charge in [-0.1, -0.05) is 0 Å². The summed E-state index contributed by atoms with van der Waals surface area (Å²) in [5.74, 6) is 0.926. The van der Waals surface area contributed by atoms with Gasteiger partial charge in [-0.15, -0.1) is 0 Å². The van der Waals surface area contributed by atoms with Crippen LogP contribution in [0.25, 0.3) is 0 Å². The highest BCUT2D eigenvalue weighted by Crippen LogP contribution is 2.23. The van der Waals surface area contributed by atoms with Crippen LogP contribution in [0.1, 0.15) is 12.0 Å². The SMILES string of the molecule is CN1C(=O)CCc2cnc(N)nc21. The van der Waals surface area contributed by atoms with Crippen molar-refractivity contribution in [2.75, 3.05) is 17.7 Å². The van der Waals surface area contributed by atoms with Crippen LogP contribution in [0.15, 0.2) is 6.20 Å². The van der Waals surface area contributed by atoms with E-state index in [-0.39, 0.29) is 11.9 Å². The van der Waals surface area contributed by atoms with Crippen LogP contribution in [-0.2, 0) is 11.2 Å². The summed E-state index contributed by atoms with van der Waals surface area (Å²) in [6.45, 7) is 0. The van der Waals surface area contributed by atoms with Gasteiger partial charge in [0, 0.05) is 25.2 Å². The van der Waals surface area contributed by atoms with Gasteiger partial charge in [0.15, 0.2) is 0 Å². The lowest BCUT2D eigenvalue weighted by molar-refractivity contribution is -0.118. The van der Waals surface area contributed by atoms with E-state index in [0.717, 1.165) is 5.56 Å². The molecule has 0 radical (unpaired) electrons. The molecule has 2 N–H and O–H groups in total. The highest BCUT2D eigenvalue weighted by atomic mass is 16.2. The molecule has 0 spiro atoms. The van der Waals surface area contributed by atoms with Crippen LogP contribution < -0.4 is 10.6 Å². The van der Waals surface area contributed by atoms with Crippen molar-refractivity contribution in [3.05, 3.63) is 11.8 Å². The number of carbonyl (C=O) groups excluding carboxylic acids is 1. The van der Waals surface area contributed by atoms with Gasteiger partial charge < -0.3 is 5.73 Å². The molecule has 0 atom stereocenters. The molecule has 0 saturated heterocycles. The van der Waals surface area contributed by atoms with Crippen LogP contribution in [0.3, 0.4) is 0 Å². The average Bonchev–Trinajstić information content (AvgIpc) is 2.12. The number of aryl methyl sites for hydroxylation is 1. The smallest absolute Gasteiger partial charge is 0.228 e. The third kappa shape index (κ3) is 1.22. The maximum absolute atomic E-state index is 11.3. The zero-order chi connectivity index (χ0) is 9.42.